The van der Waals surface area contributed by atoms with E-state index in [-0.39, 0.29) is 6.61 Å². The van der Waals surface area contributed by atoms with Crippen molar-refractivity contribution in [2.75, 3.05) is 0 Å². The molecule has 0 fully saturated rings. The fourth-order valence-corrected chi connectivity index (χ4v) is 2.11. The summed E-state index contributed by atoms with van der Waals surface area (Å²) in [6.07, 6.45) is 0. The largest absolute Gasteiger partial charge is 0.487 e. The maximum Gasteiger partial charge on any atom is 0.342 e. The monoisotopic (exact) mass is 286 g/mol. The molecule has 3 nitrogen and oxygen atoms in total. The molecule has 0 saturated heterocycles. The zero-order valence-electron chi connectivity index (χ0n) is 10.5. The van der Waals surface area contributed by atoms with Gasteiger partial charge in [-0.3, -0.25) is 0 Å². The van der Waals surface area contributed by atoms with Crippen LogP contribution in [-0.4, -0.2) is 0 Å². The topological polar surface area (TPSA) is 39.4 Å². The molecule has 0 saturated carbocycles. The van der Waals surface area contributed by atoms with Crippen LogP contribution in [0.25, 0.3) is 11.0 Å². The van der Waals surface area contributed by atoms with Crippen molar-refractivity contribution in [3.05, 3.63) is 75.6 Å². The van der Waals surface area contributed by atoms with Crippen molar-refractivity contribution in [2.24, 2.45) is 0 Å². The van der Waals surface area contributed by atoms with Gasteiger partial charge in [-0.1, -0.05) is 41.9 Å². The van der Waals surface area contributed by atoms with Crippen molar-refractivity contribution in [2.45, 2.75) is 6.61 Å². The number of rotatable bonds is 3. The van der Waals surface area contributed by atoms with Gasteiger partial charge >= 0.3 is 5.63 Å². The lowest BCUT2D eigenvalue weighted by Gasteiger charge is -2.07. The molecule has 4 heteroatoms. The molecule has 0 unspecified atom stereocenters. The summed E-state index contributed by atoms with van der Waals surface area (Å²) < 4.78 is 10.8. The Balaban J connectivity index is 1.89. The Morgan fingerprint density at radius 2 is 1.80 bits per heavy atom. The molecule has 0 aliphatic rings. The summed E-state index contributed by atoms with van der Waals surface area (Å²) in [6, 6.07) is 16.3. The zero-order valence-corrected chi connectivity index (χ0v) is 11.3. The Kier molecular flexibility index (Phi) is 3.44. The number of hydrogen-bond donors (Lipinski definition) is 0. The van der Waals surface area contributed by atoms with Crippen LogP contribution in [0, 0.1) is 0 Å². The lowest BCUT2D eigenvalue weighted by Crippen LogP contribution is -2.10. The quantitative estimate of drug-likeness (QED) is 0.683. The van der Waals surface area contributed by atoms with E-state index in [0.717, 1.165) is 5.39 Å². The number of ether oxygens (including phenoxy) is 1. The van der Waals surface area contributed by atoms with Crippen LogP contribution in [0.5, 0.6) is 5.75 Å². The van der Waals surface area contributed by atoms with Crippen molar-refractivity contribution in [1.29, 1.82) is 0 Å². The number of hydrogen-bond acceptors (Lipinski definition) is 3. The first-order valence-corrected chi connectivity index (χ1v) is 6.51. The van der Waals surface area contributed by atoms with Gasteiger partial charge in [-0.05, 0) is 24.3 Å². The van der Waals surface area contributed by atoms with Gasteiger partial charge in [0.25, 0.3) is 0 Å². The van der Waals surface area contributed by atoms with E-state index in [0.29, 0.717) is 21.9 Å². The molecular formula is C16H11ClO3. The van der Waals surface area contributed by atoms with Gasteiger partial charge in [-0.15, -0.1) is 0 Å². The molecule has 0 bridgehead atoms. The van der Waals surface area contributed by atoms with E-state index in [1.165, 1.54) is 0 Å². The molecule has 100 valence electrons. The second-order valence-corrected chi connectivity index (χ2v) is 4.72. The Morgan fingerprint density at radius 3 is 2.65 bits per heavy atom. The second kappa shape index (κ2) is 5.39. The van der Waals surface area contributed by atoms with Crippen molar-refractivity contribution < 1.29 is 9.15 Å². The average molecular weight is 287 g/mol. The molecule has 0 N–H and O–H groups in total. The summed E-state index contributed by atoms with van der Waals surface area (Å²) >= 11 is 6.00. The normalized spacial score (nSPS) is 10.7. The van der Waals surface area contributed by atoms with E-state index < -0.39 is 5.63 Å². The molecule has 0 amide bonds. The summed E-state index contributed by atoms with van der Waals surface area (Å²) in [6.45, 7) is 0.122. The predicted molar refractivity (Wildman–Crippen MR) is 78.3 cm³/mol. The SMILES string of the molecule is O=c1oc2ccccc2cc1COc1ccccc1Cl. The molecule has 0 radical (unpaired) electrons. The maximum absolute atomic E-state index is 11.9. The van der Waals surface area contributed by atoms with Crippen molar-refractivity contribution in [3.63, 3.8) is 0 Å². The van der Waals surface area contributed by atoms with Gasteiger partial charge in [-0.2, -0.15) is 0 Å². The fraction of sp³-hybridized carbons (Fsp3) is 0.0625. The van der Waals surface area contributed by atoms with Crippen molar-refractivity contribution in [3.8, 4) is 5.75 Å². The molecule has 3 rings (SSSR count). The van der Waals surface area contributed by atoms with Crippen LogP contribution in [0.1, 0.15) is 5.56 Å². The standard InChI is InChI=1S/C16H11ClO3/c17-13-6-2-4-8-15(13)19-10-12-9-11-5-1-3-7-14(11)20-16(12)18/h1-9H,10H2. The second-order valence-electron chi connectivity index (χ2n) is 4.32. The van der Waals surface area contributed by atoms with Crippen LogP contribution in [0.3, 0.4) is 0 Å². The van der Waals surface area contributed by atoms with Gasteiger partial charge < -0.3 is 9.15 Å². The Morgan fingerprint density at radius 1 is 1.05 bits per heavy atom. The van der Waals surface area contributed by atoms with Crippen LogP contribution in [-0.2, 0) is 6.61 Å². The minimum absolute atomic E-state index is 0.122. The molecule has 3 aromatic rings. The first kappa shape index (κ1) is 12.8. The lowest BCUT2D eigenvalue weighted by atomic mass is 10.2. The summed E-state index contributed by atoms with van der Waals surface area (Å²) in [5.41, 5.74) is 0.637. The minimum atomic E-state index is -0.393. The number of fused-ring (bicyclic) bond motifs is 1. The van der Waals surface area contributed by atoms with E-state index in [9.17, 15) is 4.79 Å². The first-order chi connectivity index (χ1) is 9.74. The highest BCUT2D eigenvalue weighted by Gasteiger charge is 2.07. The van der Waals surface area contributed by atoms with Crippen LogP contribution < -0.4 is 10.4 Å². The van der Waals surface area contributed by atoms with Crippen LogP contribution in [0.2, 0.25) is 5.02 Å². The van der Waals surface area contributed by atoms with E-state index in [1.54, 1.807) is 24.3 Å². The molecule has 0 atom stereocenters. The third-order valence-electron chi connectivity index (χ3n) is 2.93. The zero-order chi connectivity index (χ0) is 13.9. The van der Waals surface area contributed by atoms with Gasteiger partial charge in [0.15, 0.2) is 0 Å². The smallest absolute Gasteiger partial charge is 0.342 e. The third kappa shape index (κ3) is 2.53. The highest BCUT2D eigenvalue weighted by atomic mass is 35.5. The minimum Gasteiger partial charge on any atom is -0.487 e. The van der Waals surface area contributed by atoms with Gasteiger partial charge in [-0.25, -0.2) is 4.79 Å². The highest BCUT2D eigenvalue weighted by Crippen LogP contribution is 2.24. The fourth-order valence-electron chi connectivity index (χ4n) is 1.92. The van der Waals surface area contributed by atoms with Gasteiger partial charge in [0.1, 0.15) is 17.9 Å². The van der Waals surface area contributed by atoms with Crippen molar-refractivity contribution >= 4 is 22.6 Å². The highest BCUT2D eigenvalue weighted by molar-refractivity contribution is 6.32. The molecule has 1 aromatic heterocycles. The van der Waals surface area contributed by atoms with Crippen LogP contribution in [0.4, 0.5) is 0 Å². The molecule has 0 spiro atoms. The molecule has 2 aromatic carbocycles. The summed E-state index contributed by atoms with van der Waals surface area (Å²) in [5, 5.41) is 1.38. The summed E-state index contributed by atoms with van der Waals surface area (Å²) in [7, 11) is 0. The molecule has 1 heterocycles. The van der Waals surface area contributed by atoms with Crippen LogP contribution in [0.15, 0.2) is 63.8 Å². The van der Waals surface area contributed by atoms with Crippen molar-refractivity contribution in [1.82, 2.24) is 0 Å². The van der Waals surface area contributed by atoms with E-state index >= 15 is 0 Å². The number of halogens is 1. The summed E-state index contributed by atoms with van der Waals surface area (Å²) in [4.78, 5) is 11.9. The average Bonchev–Trinajstić information content (AvgIpc) is 2.46. The Hall–Kier alpha value is -2.26. The molecule has 0 aliphatic carbocycles. The maximum atomic E-state index is 11.9. The summed E-state index contributed by atoms with van der Waals surface area (Å²) in [5.74, 6) is 0.543. The Labute approximate surface area is 120 Å². The molecular weight excluding hydrogens is 276 g/mol. The van der Waals surface area contributed by atoms with Gasteiger partial charge in [0.05, 0.1) is 10.6 Å². The third-order valence-corrected chi connectivity index (χ3v) is 3.25. The lowest BCUT2D eigenvalue weighted by molar-refractivity contribution is 0.300. The van der Waals surface area contributed by atoms with E-state index in [4.69, 9.17) is 20.8 Å². The van der Waals surface area contributed by atoms with Gasteiger partial charge in [0.2, 0.25) is 0 Å². The van der Waals surface area contributed by atoms with Crippen LogP contribution >= 0.6 is 11.6 Å². The predicted octanol–water partition coefficient (Wildman–Crippen LogP) is 4.03. The number of benzene rings is 2. The first-order valence-electron chi connectivity index (χ1n) is 6.13. The van der Waals surface area contributed by atoms with E-state index in [2.05, 4.69) is 0 Å². The molecule has 0 aliphatic heterocycles. The van der Waals surface area contributed by atoms with Gasteiger partial charge in [0, 0.05) is 5.39 Å². The number of para-hydroxylation sites is 2. The van der Waals surface area contributed by atoms with E-state index in [1.807, 2.05) is 30.3 Å². The molecule has 20 heavy (non-hydrogen) atoms. The Bertz CT molecular complexity index is 808.